The molecule has 0 spiro atoms. The van der Waals surface area contributed by atoms with Crippen molar-refractivity contribution >= 4 is 32.4 Å². The molecule has 1 nitrogen and oxygen atoms in total. The molecule has 78 valence electrons. The Kier molecular flexibility index (Phi) is 2.70. The number of rotatable bonds is 1. The van der Waals surface area contributed by atoms with E-state index in [9.17, 15) is 0 Å². The number of benzene rings is 2. The second-order valence-corrected chi connectivity index (χ2v) is 4.86. The molecule has 0 N–H and O–H groups in total. The first-order valence-corrected chi connectivity index (χ1v) is 5.75. The summed E-state index contributed by atoms with van der Waals surface area (Å²) in [7, 11) is 4.14. The molecule has 0 radical (unpaired) electrons. The quantitative estimate of drug-likeness (QED) is 0.753. The highest BCUT2D eigenvalue weighted by Gasteiger charge is 2.05. The van der Waals surface area contributed by atoms with Gasteiger partial charge in [-0.1, -0.05) is 39.7 Å². The van der Waals surface area contributed by atoms with E-state index in [1.165, 1.54) is 22.0 Å². The Balaban J connectivity index is 2.82. The number of nitrogens with zero attached hydrogens (tertiary/aromatic N) is 1. The SMILES string of the molecule is Cc1ccc2c(N(C)C)ccc(Br)c2c1. The minimum atomic E-state index is 1.16. The zero-order valence-corrected chi connectivity index (χ0v) is 10.8. The smallest absolute Gasteiger partial charge is 0.0441 e. The van der Waals surface area contributed by atoms with Crippen LogP contribution in [0.2, 0.25) is 0 Å². The van der Waals surface area contributed by atoms with Crippen molar-refractivity contribution < 1.29 is 0 Å². The molecule has 0 saturated carbocycles. The average molecular weight is 264 g/mol. The maximum atomic E-state index is 3.60. The van der Waals surface area contributed by atoms with Gasteiger partial charge in [0.15, 0.2) is 0 Å². The molecule has 2 aromatic carbocycles. The van der Waals surface area contributed by atoms with Crippen molar-refractivity contribution in [1.29, 1.82) is 0 Å². The summed E-state index contributed by atoms with van der Waals surface area (Å²) in [4.78, 5) is 2.14. The summed E-state index contributed by atoms with van der Waals surface area (Å²) >= 11 is 3.60. The van der Waals surface area contributed by atoms with Crippen molar-refractivity contribution in [2.75, 3.05) is 19.0 Å². The number of anilines is 1. The van der Waals surface area contributed by atoms with Crippen LogP contribution in [0.5, 0.6) is 0 Å². The van der Waals surface area contributed by atoms with E-state index in [-0.39, 0.29) is 0 Å². The van der Waals surface area contributed by atoms with E-state index in [1.54, 1.807) is 0 Å². The molecule has 2 rings (SSSR count). The van der Waals surface area contributed by atoms with E-state index in [4.69, 9.17) is 0 Å². The van der Waals surface area contributed by atoms with Gasteiger partial charge in [-0.2, -0.15) is 0 Å². The molecule has 0 amide bonds. The van der Waals surface area contributed by atoms with Gasteiger partial charge >= 0.3 is 0 Å². The molecular weight excluding hydrogens is 250 g/mol. The summed E-state index contributed by atoms with van der Waals surface area (Å²) in [5.41, 5.74) is 2.55. The summed E-state index contributed by atoms with van der Waals surface area (Å²) in [6.07, 6.45) is 0. The first-order valence-electron chi connectivity index (χ1n) is 4.96. The molecule has 0 aliphatic rings. The van der Waals surface area contributed by atoms with Crippen molar-refractivity contribution in [3.8, 4) is 0 Å². The van der Waals surface area contributed by atoms with Gasteiger partial charge in [0.1, 0.15) is 0 Å². The molecule has 0 bridgehead atoms. The van der Waals surface area contributed by atoms with E-state index in [2.05, 4.69) is 72.2 Å². The molecule has 0 aromatic heterocycles. The largest absolute Gasteiger partial charge is 0.377 e. The lowest BCUT2D eigenvalue weighted by Gasteiger charge is -2.16. The van der Waals surface area contributed by atoms with Gasteiger partial charge in [-0.25, -0.2) is 0 Å². The minimum Gasteiger partial charge on any atom is -0.377 e. The third kappa shape index (κ3) is 1.86. The van der Waals surface area contributed by atoms with E-state index >= 15 is 0 Å². The fraction of sp³-hybridized carbons (Fsp3) is 0.231. The van der Waals surface area contributed by atoms with Gasteiger partial charge in [-0.3, -0.25) is 0 Å². The average Bonchev–Trinajstić information content (AvgIpc) is 2.19. The molecule has 2 heteroatoms. The number of hydrogen-bond acceptors (Lipinski definition) is 1. The summed E-state index contributed by atoms with van der Waals surface area (Å²) < 4.78 is 1.16. The summed E-state index contributed by atoms with van der Waals surface area (Å²) in [6.45, 7) is 2.12. The standard InChI is InChI=1S/C13H14BrN/c1-9-4-5-10-11(8-9)12(14)6-7-13(10)15(2)3/h4-8H,1-3H3. The van der Waals surface area contributed by atoms with Crippen molar-refractivity contribution in [2.45, 2.75) is 6.92 Å². The first-order chi connectivity index (χ1) is 7.09. The maximum Gasteiger partial charge on any atom is 0.0441 e. The maximum absolute atomic E-state index is 3.60. The predicted molar refractivity (Wildman–Crippen MR) is 70.7 cm³/mol. The van der Waals surface area contributed by atoms with Gasteiger partial charge < -0.3 is 4.90 Å². The number of halogens is 1. The Morgan fingerprint density at radius 3 is 2.40 bits per heavy atom. The van der Waals surface area contributed by atoms with Crippen LogP contribution in [0.25, 0.3) is 10.8 Å². The second-order valence-electron chi connectivity index (χ2n) is 4.01. The zero-order valence-electron chi connectivity index (χ0n) is 9.21. The molecule has 0 fully saturated rings. The lowest BCUT2D eigenvalue weighted by atomic mass is 10.1. The Labute approximate surface area is 98.8 Å². The van der Waals surface area contributed by atoms with Crippen LogP contribution in [-0.4, -0.2) is 14.1 Å². The number of hydrogen-bond donors (Lipinski definition) is 0. The molecule has 0 atom stereocenters. The fourth-order valence-corrected chi connectivity index (χ4v) is 2.26. The van der Waals surface area contributed by atoms with E-state index in [0.29, 0.717) is 0 Å². The van der Waals surface area contributed by atoms with Crippen LogP contribution in [0, 0.1) is 6.92 Å². The van der Waals surface area contributed by atoms with Crippen LogP contribution in [0.15, 0.2) is 34.8 Å². The first kappa shape index (κ1) is 10.5. The zero-order chi connectivity index (χ0) is 11.0. The lowest BCUT2D eigenvalue weighted by molar-refractivity contribution is 1.14. The van der Waals surface area contributed by atoms with Crippen LogP contribution >= 0.6 is 15.9 Å². The monoisotopic (exact) mass is 263 g/mol. The molecule has 2 aromatic rings. The molecule has 15 heavy (non-hydrogen) atoms. The van der Waals surface area contributed by atoms with Gasteiger partial charge in [-0.05, 0) is 24.4 Å². The summed E-state index contributed by atoms with van der Waals surface area (Å²) in [6, 6.07) is 10.8. The molecule has 0 saturated heterocycles. The summed E-state index contributed by atoms with van der Waals surface area (Å²) in [5.74, 6) is 0. The number of aryl methyl sites for hydroxylation is 1. The molecule has 0 aliphatic heterocycles. The molecule has 0 heterocycles. The minimum absolute atomic E-state index is 1.16. The number of fused-ring (bicyclic) bond motifs is 1. The third-order valence-corrected chi connectivity index (χ3v) is 3.27. The Bertz CT molecular complexity index is 503. The van der Waals surface area contributed by atoms with Gasteiger partial charge in [0.2, 0.25) is 0 Å². The highest BCUT2D eigenvalue weighted by Crippen LogP contribution is 2.31. The molecular formula is C13H14BrN. The van der Waals surface area contributed by atoms with Crippen molar-refractivity contribution in [1.82, 2.24) is 0 Å². The fourth-order valence-electron chi connectivity index (χ4n) is 1.80. The van der Waals surface area contributed by atoms with Crippen LogP contribution in [-0.2, 0) is 0 Å². The Morgan fingerprint density at radius 2 is 1.73 bits per heavy atom. The van der Waals surface area contributed by atoms with Crippen LogP contribution < -0.4 is 4.90 Å². The predicted octanol–water partition coefficient (Wildman–Crippen LogP) is 3.98. The Morgan fingerprint density at radius 1 is 1.00 bits per heavy atom. The van der Waals surface area contributed by atoms with E-state index in [0.717, 1.165) is 4.47 Å². The van der Waals surface area contributed by atoms with Gasteiger partial charge in [0.05, 0.1) is 0 Å². The van der Waals surface area contributed by atoms with Gasteiger partial charge in [0, 0.05) is 29.6 Å². The van der Waals surface area contributed by atoms with Gasteiger partial charge in [-0.15, -0.1) is 0 Å². The van der Waals surface area contributed by atoms with Crippen LogP contribution in [0.4, 0.5) is 5.69 Å². The van der Waals surface area contributed by atoms with Crippen LogP contribution in [0.1, 0.15) is 5.56 Å². The van der Waals surface area contributed by atoms with Crippen molar-refractivity contribution in [3.05, 3.63) is 40.4 Å². The lowest BCUT2D eigenvalue weighted by Crippen LogP contribution is -2.08. The van der Waals surface area contributed by atoms with Crippen LogP contribution in [0.3, 0.4) is 0 Å². The Hall–Kier alpha value is -1.02. The molecule has 0 aliphatic carbocycles. The third-order valence-electron chi connectivity index (χ3n) is 2.58. The van der Waals surface area contributed by atoms with Crippen molar-refractivity contribution in [2.24, 2.45) is 0 Å². The topological polar surface area (TPSA) is 3.24 Å². The molecule has 0 unspecified atom stereocenters. The van der Waals surface area contributed by atoms with Crippen molar-refractivity contribution in [3.63, 3.8) is 0 Å². The normalized spacial score (nSPS) is 10.7. The van der Waals surface area contributed by atoms with E-state index < -0.39 is 0 Å². The van der Waals surface area contributed by atoms with Gasteiger partial charge in [0.25, 0.3) is 0 Å². The second kappa shape index (κ2) is 3.86. The van der Waals surface area contributed by atoms with E-state index in [1.807, 2.05) is 0 Å². The highest BCUT2D eigenvalue weighted by molar-refractivity contribution is 9.10. The highest BCUT2D eigenvalue weighted by atomic mass is 79.9. The summed E-state index contributed by atoms with van der Waals surface area (Å²) in [5, 5.41) is 2.57.